The van der Waals surface area contributed by atoms with Gasteiger partial charge in [-0.05, 0) is 31.2 Å². The second-order valence-electron chi connectivity index (χ2n) is 5.67. The summed E-state index contributed by atoms with van der Waals surface area (Å²) in [6.07, 6.45) is 1.02. The minimum Gasteiger partial charge on any atom is -0.495 e. The molecule has 0 atom stereocenters. The first kappa shape index (κ1) is 21.4. The number of hydrogen-bond donors (Lipinski definition) is 4. The van der Waals surface area contributed by atoms with Gasteiger partial charge in [0.05, 0.1) is 18.5 Å². The molecule has 10 heteroatoms. The molecule has 0 aliphatic rings. The summed E-state index contributed by atoms with van der Waals surface area (Å²) in [4.78, 5) is 35.7. The number of benzene rings is 2. The van der Waals surface area contributed by atoms with Crippen molar-refractivity contribution >= 4 is 29.1 Å². The maximum absolute atomic E-state index is 13.5. The number of amides is 3. The molecule has 0 heterocycles. The van der Waals surface area contributed by atoms with E-state index in [-0.39, 0.29) is 11.4 Å². The third-order valence-corrected chi connectivity index (χ3v) is 3.47. The number of hydrogen-bond acceptors (Lipinski definition) is 5. The predicted molar refractivity (Wildman–Crippen MR) is 102 cm³/mol. The van der Waals surface area contributed by atoms with Crippen molar-refractivity contribution in [2.75, 3.05) is 17.7 Å². The number of anilines is 2. The molecule has 0 radical (unpaired) electrons. The summed E-state index contributed by atoms with van der Waals surface area (Å²) in [6.45, 7) is 1.43. The lowest BCUT2D eigenvalue weighted by Gasteiger charge is -2.11. The van der Waals surface area contributed by atoms with Crippen LogP contribution in [0, 0.1) is 11.6 Å². The highest BCUT2D eigenvalue weighted by Gasteiger charge is 2.15. The normalized spacial score (nSPS) is 10.7. The zero-order chi connectivity index (χ0) is 21.4. The molecular weight excluding hydrogens is 386 g/mol. The maximum Gasteiger partial charge on any atom is 0.327 e. The SMILES string of the molecule is COc1ccccc1NC(=O)C(=O)NN/C(C)=C\C(=O)Nc1ccc(F)cc1F. The van der Waals surface area contributed by atoms with Crippen LogP contribution in [-0.2, 0) is 14.4 Å². The highest BCUT2D eigenvalue weighted by molar-refractivity contribution is 6.39. The molecule has 0 bridgehead atoms. The average molecular weight is 404 g/mol. The summed E-state index contributed by atoms with van der Waals surface area (Å²) in [5.74, 6) is -4.04. The van der Waals surface area contributed by atoms with Crippen molar-refractivity contribution in [1.82, 2.24) is 10.9 Å². The fourth-order valence-electron chi connectivity index (χ4n) is 2.13. The number of halogens is 2. The second kappa shape index (κ2) is 9.83. The van der Waals surface area contributed by atoms with E-state index in [0.29, 0.717) is 17.5 Å². The van der Waals surface area contributed by atoms with Crippen molar-refractivity contribution in [3.05, 3.63) is 65.9 Å². The van der Waals surface area contributed by atoms with Gasteiger partial charge in [-0.2, -0.15) is 0 Å². The quantitative estimate of drug-likeness (QED) is 0.335. The van der Waals surface area contributed by atoms with Gasteiger partial charge >= 0.3 is 11.8 Å². The Morgan fingerprint density at radius 1 is 0.931 bits per heavy atom. The number of rotatable bonds is 6. The Labute approximate surface area is 164 Å². The van der Waals surface area contributed by atoms with Crippen LogP contribution in [0.1, 0.15) is 6.92 Å². The zero-order valence-electron chi connectivity index (χ0n) is 15.5. The van der Waals surface area contributed by atoms with Crippen molar-refractivity contribution in [1.29, 1.82) is 0 Å². The standard InChI is InChI=1S/C19H18F2N4O4/c1-11(9-17(26)22-14-8-7-12(20)10-13(14)21)24-25-19(28)18(27)23-15-5-3-4-6-16(15)29-2/h3-10,24H,1-2H3,(H,22,26)(H,23,27)(H,25,28)/b11-9-. The van der Waals surface area contributed by atoms with Gasteiger partial charge in [0.25, 0.3) is 0 Å². The number of hydrazine groups is 1. The highest BCUT2D eigenvalue weighted by Crippen LogP contribution is 2.22. The van der Waals surface area contributed by atoms with E-state index in [1.165, 1.54) is 14.0 Å². The van der Waals surface area contributed by atoms with Gasteiger partial charge in [-0.15, -0.1) is 0 Å². The molecule has 0 fully saturated rings. The van der Waals surface area contributed by atoms with Crippen molar-refractivity contribution < 1.29 is 27.9 Å². The Bertz CT molecular complexity index is 963. The maximum atomic E-state index is 13.5. The van der Waals surface area contributed by atoms with Crippen molar-refractivity contribution in [2.45, 2.75) is 6.92 Å². The molecule has 2 aromatic rings. The van der Waals surface area contributed by atoms with E-state index < -0.39 is 29.4 Å². The number of para-hydroxylation sites is 2. The van der Waals surface area contributed by atoms with Gasteiger partial charge in [-0.25, -0.2) is 8.78 Å². The van der Waals surface area contributed by atoms with Crippen LogP contribution < -0.4 is 26.2 Å². The molecule has 4 N–H and O–H groups in total. The van der Waals surface area contributed by atoms with E-state index in [9.17, 15) is 23.2 Å². The summed E-state index contributed by atoms with van der Waals surface area (Å²) in [5, 5.41) is 4.60. The topological polar surface area (TPSA) is 109 Å². The first-order chi connectivity index (χ1) is 13.8. The zero-order valence-corrected chi connectivity index (χ0v) is 15.5. The molecule has 0 aromatic heterocycles. The van der Waals surface area contributed by atoms with Crippen LogP contribution in [0.5, 0.6) is 5.75 Å². The second-order valence-corrected chi connectivity index (χ2v) is 5.67. The highest BCUT2D eigenvalue weighted by atomic mass is 19.1. The Morgan fingerprint density at radius 2 is 1.66 bits per heavy atom. The summed E-state index contributed by atoms with van der Waals surface area (Å²) < 4.78 is 31.5. The fraction of sp³-hybridized carbons (Fsp3) is 0.105. The third-order valence-electron chi connectivity index (χ3n) is 3.47. The number of ether oxygens (including phenoxy) is 1. The van der Waals surface area contributed by atoms with E-state index in [1.54, 1.807) is 24.3 Å². The minimum atomic E-state index is -1.02. The number of allylic oxidation sites excluding steroid dienone is 1. The van der Waals surface area contributed by atoms with Gasteiger partial charge in [-0.3, -0.25) is 19.8 Å². The Kier molecular flexibility index (Phi) is 7.24. The lowest BCUT2D eigenvalue weighted by atomic mass is 10.3. The molecule has 0 aliphatic heterocycles. The summed E-state index contributed by atoms with van der Waals surface area (Å²) in [5.41, 5.74) is 4.74. The third kappa shape index (κ3) is 6.31. The molecule has 2 aromatic carbocycles. The predicted octanol–water partition coefficient (Wildman–Crippen LogP) is 2.08. The molecule has 2 rings (SSSR count). The van der Waals surface area contributed by atoms with Crippen LogP contribution >= 0.6 is 0 Å². The molecule has 0 unspecified atom stereocenters. The number of nitrogens with one attached hydrogen (secondary N) is 4. The summed E-state index contributed by atoms with van der Waals surface area (Å²) in [6, 6.07) is 9.22. The number of methoxy groups -OCH3 is 1. The molecule has 0 aliphatic carbocycles. The van der Waals surface area contributed by atoms with Crippen LogP contribution in [-0.4, -0.2) is 24.8 Å². The lowest BCUT2D eigenvalue weighted by molar-refractivity contribution is -0.136. The van der Waals surface area contributed by atoms with E-state index in [0.717, 1.165) is 18.2 Å². The molecule has 29 heavy (non-hydrogen) atoms. The molecule has 0 saturated carbocycles. The lowest BCUT2D eigenvalue weighted by Crippen LogP contribution is -2.43. The Hall–Kier alpha value is -3.95. The van der Waals surface area contributed by atoms with E-state index in [1.807, 2.05) is 0 Å². The molecule has 0 saturated heterocycles. The Balaban J connectivity index is 1.88. The van der Waals surface area contributed by atoms with Gasteiger partial charge in [-0.1, -0.05) is 12.1 Å². The van der Waals surface area contributed by atoms with Gasteiger partial charge < -0.3 is 20.8 Å². The number of carbonyl (C=O) groups is 3. The van der Waals surface area contributed by atoms with Crippen molar-refractivity contribution in [2.24, 2.45) is 0 Å². The van der Waals surface area contributed by atoms with Crippen LogP contribution in [0.3, 0.4) is 0 Å². The van der Waals surface area contributed by atoms with E-state index in [2.05, 4.69) is 21.5 Å². The molecule has 152 valence electrons. The van der Waals surface area contributed by atoms with Crippen LogP contribution in [0.15, 0.2) is 54.2 Å². The van der Waals surface area contributed by atoms with Crippen molar-refractivity contribution in [3.63, 3.8) is 0 Å². The largest absolute Gasteiger partial charge is 0.495 e. The number of carbonyl (C=O) groups excluding carboxylic acids is 3. The van der Waals surface area contributed by atoms with Gasteiger partial charge in [0.2, 0.25) is 5.91 Å². The molecule has 0 spiro atoms. The van der Waals surface area contributed by atoms with E-state index >= 15 is 0 Å². The summed E-state index contributed by atoms with van der Waals surface area (Å²) in [7, 11) is 1.42. The van der Waals surface area contributed by atoms with Crippen LogP contribution in [0.25, 0.3) is 0 Å². The fourth-order valence-corrected chi connectivity index (χ4v) is 2.13. The van der Waals surface area contributed by atoms with E-state index in [4.69, 9.17) is 4.74 Å². The molecule has 8 nitrogen and oxygen atoms in total. The minimum absolute atomic E-state index is 0.156. The summed E-state index contributed by atoms with van der Waals surface area (Å²) >= 11 is 0. The smallest absolute Gasteiger partial charge is 0.327 e. The van der Waals surface area contributed by atoms with Gasteiger partial charge in [0, 0.05) is 17.8 Å². The van der Waals surface area contributed by atoms with Gasteiger partial charge in [0.1, 0.15) is 17.4 Å². The van der Waals surface area contributed by atoms with Gasteiger partial charge in [0.15, 0.2) is 0 Å². The monoisotopic (exact) mass is 404 g/mol. The molecule has 3 amide bonds. The average Bonchev–Trinajstić information content (AvgIpc) is 2.68. The first-order valence-electron chi connectivity index (χ1n) is 8.25. The van der Waals surface area contributed by atoms with Crippen molar-refractivity contribution in [3.8, 4) is 5.75 Å². The van der Waals surface area contributed by atoms with Crippen LogP contribution in [0.2, 0.25) is 0 Å². The van der Waals surface area contributed by atoms with Crippen LogP contribution in [0.4, 0.5) is 20.2 Å². The Morgan fingerprint density at radius 3 is 2.34 bits per heavy atom. The first-order valence-corrected chi connectivity index (χ1v) is 8.25. The molecular formula is C19H18F2N4O4.